The van der Waals surface area contributed by atoms with Gasteiger partial charge in [-0.2, -0.15) is 10.9 Å². The highest BCUT2D eigenvalue weighted by Crippen LogP contribution is 2.54. The molecule has 0 unspecified atom stereocenters. The average Bonchev–Trinajstić information content (AvgIpc) is 2.62. The molecule has 0 bridgehead atoms. The maximum Gasteiger partial charge on any atom is 0.121 e. The lowest BCUT2D eigenvalue weighted by Crippen LogP contribution is -1.95. The first-order valence-corrected chi connectivity index (χ1v) is 10.6. The lowest BCUT2D eigenvalue weighted by Gasteiger charge is -2.27. The van der Waals surface area contributed by atoms with Crippen LogP contribution in [0.25, 0.3) is 0 Å². The second kappa shape index (κ2) is 7.44. The molecule has 3 rings (SSSR count). The molecule has 0 atom stereocenters. The minimum atomic E-state index is -0.914. The molecule has 0 aliphatic heterocycles. The van der Waals surface area contributed by atoms with Crippen LogP contribution in [0.3, 0.4) is 0 Å². The first-order valence-electron chi connectivity index (χ1n) is 9.31. The molecule has 0 radical (unpaired) electrons. The third kappa shape index (κ3) is 3.57. The highest BCUT2D eigenvalue weighted by molar-refractivity contribution is 8.17. The van der Waals surface area contributed by atoms with Crippen molar-refractivity contribution in [2.75, 3.05) is 0 Å². The van der Waals surface area contributed by atoms with Gasteiger partial charge in [-0.1, -0.05) is 0 Å². The van der Waals surface area contributed by atoms with Gasteiger partial charge in [0.15, 0.2) is 0 Å². The van der Waals surface area contributed by atoms with Crippen LogP contribution in [0.2, 0.25) is 0 Å². The fraction of sp³-hybridized carbons (Fsp3) is 0.250. The molecule has 0 saturated heterocycles. The summed E-state index contributed by atoms with van der Waals surface area (Å²) in [6.07, 6.45) is 0. The molecule has 0 saturated carbocycles. The van der Waals surface area contributed by atoms with Gasteiger partial charge in [0, 0.05) is 0 Å². The van der Waals surface area contributed by atoms with E-state index in [-0.39, 0.29) is 0 Å². The van der Waals surface area contributed by atoms with Crippen molar-refractivity contribution in [2.24, 2.45) is 0 Å². The number of aromatic hydroxyl groups is 3. The first kappa shape index (κ1) is 20.2. The van der Waals surface area contributed by atoms with Gasteiger partial charge >= 0.3 is 0 Å². The van der Waals surface area contributed by atoms with Crippen molar-refractivity contribution in [2.45, 2.75) is 56.2 Å². The first-order chi connectivity index (χ1) is 13.1. The molecule has 3 nitrogen and oxygen atoms in total. The Kier molecular flexibility index (Phi) is 5.35. The molecule has 0 amide bonds. The van der Waals surface area contributed by atoms with Crippen molar-refractivity contribution in [1.29, 1.82) is 0 Å². The Labute approximate surface area is 169 Å². The number of hydrogen-bond donors (Lipinski definition) is 4. The van der Waals surface area contributed by atoms with E-state index in [1.54, 1.807) is 0 Å². The van der Waals surface area contributed by atoms with E-state index in [4.69, 9.17) is 0 Å². The number of hydrogen-bond acceptors (Lipinski definition) is 3. The van der Waals surface area contributed by atoms with Gasteiger partial charge in [0.1, 0.15) is 17.2 Å². The minimum Gasteiger partial charge on any atom is -0.507 e. The normalized spacial score (nSPS) is 11.6. The van der Waals surface area contributed by atoms with Crippen LogP contribution in [0.5, 0.6) is 17.2 Å². The monoisotopic (exact) mass is 396 g/mol. The third-order valence-electron chi connectivity index (χ3n) is 5.20. The van der Waals surface area contributed by atoms with E-state index in [0.717, 1.165) is 48.1 Å². The largest absolute Gasteiger partial charge is 0.507 e. The Hall–Kier alpha value is -2.59. The van der Waals surface area contributed by atoms with Gasteiger partial charge in [-0.25, -0.2) is 0 Å². The molecule has 148 valence electrons. The van der Waals surface area contributed by atoms with Crippen molar-refractivity contribution >= 4 is 10.9 Å². The maximum absolute atomic E-state index is 10.2. The summed E-state index contributed by atoms with van der Waals surface area (Å²) in [5.74, 6) is 0.986. The molecule has 3 aromatic rings. The van der Waals surface area contributed by atoms with E-state index >= 15 is 0 Å². The predicted molar refractivity (Wildman–Crippen MR) is 117 cm³/mol. The van der Waals surface area contributed by atoms with E-state index < -0.39 is 10.9 Å². The topological polar surface area (TPSA) is 60.7 Å². The van der Waals surface area contributed by atoms with Gasteiger partial charge in [0.2, 0.25) is 0 Å². The summed E-state index contributed by atoms with van der Waals surface area (Å²) in [6.45, 7) is 11.5. The number of phenolic OH excluding ortho intramolecular Hbond substituents is 3. The highest BCUT2D eigenvalue weighted by Gasteiger charge is 2.19. The van der Waals surface area contributed by atoms with E-state index in [1.807, 2.05) is 77.9 Å². The molecule has 0 aliphatic carbocycles. The molecule has 0 spiro atoms. The Morgan fingerprint density at radius 1 is 0.429 bits per heavy atom. The zero-order valence-electron chi connectivity index (χ0n) is 17.3. The van der Waals surface area contributed by atoms with Gasteiger partial charge in [0.25, 0.3) is 0 Å². The van der Waals surface area contributed by atoms with Crippen molar-refractivity contribution in [1.82, 2.24) is 0 Å². The summed E-state index contributed by atoms with van der Waals surface area (Å²) < 4.78 is 0. The molecular formula is C24H28O3S. The number of aryl methyl sites for hydroxylation is 6. The smallest absolute Gasteiger partial charge is 0.121 e. The van der Waals surface area contributed by atoms with Crippen molar-refractivity contribution in [3.63, 3.8) is 0 Å². The van der Waals surface area contributed by atoms with Crippen molar-refractivity contribution in [3.8, 4) is 17.2 Å². The highest BCUT2D eigenvalue weighted by atomic mass is 32.2. The predicted octanol–water partition coefficient (Wildman–Crippen LogP) is 6.13. The summed E-state index contributed by atoms with van der Waals surface area (Å²) in [5.41, 5.74) is 5.09. The standard InChI is InChI=1S/C24H28O3S/c1-13-7-19(8-14(2)22(13)25)28(20-9-15(3)23(26)16(4)10-20)21-11-17(5)24(27)18(6)12-21/h7-12,25-28H,1-6H3. The van der Waals surface area contributed by atoms with Gasteiger partial charge in [-0.15, -0.1) is 0 Å². The van der Waals surface area contributed by atoms with Crippen LogP contribution in [0, 0.1) is 41.5 Å². The zero-order valence-corrected chi connectivity index (χ0v) is 18.1. The van der Waals surface area contributed by atoms with E-state index in [9.17, 15) is 15.3 Å². The molecule has 3 N–H and O–H groups in total. The van der Waals surface area contributed by atoms with Crippen LogP contribution in [-0.2, 0) is 0 Å². The Balaban J connectivity index is 2.32. The fourth-order valence-corrected chi connectivity index (χ4v) is 6.46. The van der Waals surface area contributed by atoms with Gasteiger partial charge < -0.3 is 15.3 Å². The average molecular weight is 397 g/mol. The molecule has 28 heavy (non-hydrogen) atoms. The summed E-state index contributed by atoms with van der Waals surface area (Å²) in [4.78, 5) is 3.41. The molecule has 4 heteroatoms. The lowest BCUT2D eigenvalue weighted by molar-refractivity contribution is 0.466. The van der Waals surface area contributed by atoms with E-state index in [1.165, 1.54) is 0 Å². The van der Waals surface area contributed by atoms with Gasteiger partial charge in [-0.05, 0) is 126 Å². The second-order valence-electron chi connectivity index (χ2n) is 7.62. The third-order valence-corrected chi connectivity index (χ3v) is 7.53. The molecule has 3 aromatic carbocycles. The summed E-state index contributed by atoms with van der Waals surface area (Å²) in [5, 5.41) is 30.7. The summed E-state index contributed by atoms with van der Waals surface area (Å²) >= 11 is 0. The zero-order chi connectivity index (χ0) is 20.7. The molecule has 0 aromatic heterocycles. The summed E-state index contributed by atoms with van der Waals surface area (Å²) in [7, 11) is -0.914. The van der Waals surface area contributed by atoms with Crippen LogP contribution in [0.1, 0.15) is 33.4 Å². The Morgan fingerprint density at radius 3 is 0.786 bits per heavy atom. The number of phenols is 3. The van der Waals surface area contributed by atoms with Crippen LogP contribution in [0.4, 0.5) is 0 Å². The van der Waals surface area contributed by atoms with Crippen LogP contribution in [-0.4, -0.2) is 15.3 Å². The Morgan fingerprint density at radius 2 is 0.607 bits per heavy atom. The van der Waals surface area contributed by atoms with Crippen LogP contribution >= 0.6 is 10.9 Å². The molecular weight excluding hydrogens is 368 g/mol. The summed E-state index contributed by atoms with van der Waals surface area (Å²) in [6, 6.07) is 12.3. The molecule has 0 aliphatic rings. The Bertz CT molecular complexity index is 864. The quantitative estimate of drug-likeness (QED) is 0.403. The second-order valence-corrected chi connectivity index (χ2v) is 9.84. The molecule has 0 fully saturated rings. The van der Waals surface area contributed by atoms with E-state index in [2.05, 4.69) is 0 Å². The number of rotatable bonds is 3. The van der Waals surface area contributed by atoms with Crippen LogP contribution < -0.4 is 0 Å². The molecule has 0 heterocycles. The van der Waals surface area contributed by atoms with Crippen molar-refractivity contribution < 1.29 is 15.3 Å². The van der Waals surface area contributed by atoms with Gasteiger partial charge in [0.05, 0.1) is 0 Å². The fourth-order valence-electron chi connectivity index (χ4n) is 3.63. The van der Waals surface area contributed by atoms with Crippen molar-refractivity contribution in [3.05, 3.63) is 69.8 Å². The number of thiol groups is 1. The lowest BCUT2D eigenvalue weighted by atomic mass is 10.1. The van der Waals surface area contributed by atoms with Gasteiger partial charge in [-0.3, -0.25) is 0 Å². The maximum atomic E-state index is 10.2. The minimum absolute atomic E-state index is 0.329. The van der Waals surface area contributed by atoms with E-state index in [0.29, 0.717) is 17.2 Å². The van der Waals surface area contributed by atoms with Crippen LogP contribution in [0.15, 0.2) is 51.1 Å². The SMILES string of the molecule is Cc1cc([SH](c2cc(C)c(O)c(C)c2)c2cc(C)c(O)c(C)c2)cc(C)c1O. The number of benzene rings is 3.